The summed E-state index contributed by atoms with van der Waals surface area (Å²) in [7, 11) is 1.76. The molecule has 2 atom stereocenters. The second-order valence-electron chi connectivity index (χ2n) is 4.81. The molecule has 0 amide bonds. The summed E-state index contributed by atoms with van der Waals surface area (Å²) in [5, 5.41) is 3.63. The topological polar surface area (TPSA) is 21.3 Å². The van der Waals surface area contributed by atoms with Gasteiger partial charge in [-0.1, -0.05) is 30.7 Å². The highest BCUT2D eigenvalue weighted by molar-refractivity contribution is 5.32. The molecule has 1 rings (SSSR count). The van der Waals surface area contributed by atoms with Crippen LogP contribution in [-0.2, 0) is 4.74 Å². The maximum Gasteiger partial charge on any atom is 0.0615 e. The summed E-state index contributed by atoms with van der Waals surface area (Å²) in [6, 6.07) is 7.43. The fourth-order valence-electron chi connectivity index (χ4n) is 2.15. The zero-order valence-electron chi connectivity index (χ0n) is 11.7. The van der Waals surface area contributed by atoms with Crippen molar-refractivity contribution < 1.29 is 4.74 Å². The van der Waals surface area contributed by atoms with Gasteiger partial charge in [0.15, 0.2) is 0 Å². The standard InChI is InChI=1S/C15H25NO/c1-6-14(10-17-5)16-13(4)15-9-11(2)7-8-12(15)3/h7-9,13-14,16H,6,10H2,1-5H3. The molecule has 0 heterocycles. The first-order valence-electron chi connectivity index (χ1n) is 6.40. The molecule has 0 spiro atoms. The average Bonchev–Trinajstić information content (AvgIpc) is 2.31. The molecule has 0 bridgehead atoms. The van der Waals surface area contributed by atoms with E-state index in [-0.39, 0.29) is 0 Å². The monoisotopic (exact) mass is 235 g/mol. The molecular weight excluding hydrogens is 210 g/mol. The first kappa shape index (κ1) is 14.2. The first-order valence-corrected chi connectivity index (χ1v) is 6.40. The lowest BCUT2D eigenvalue weighted by Crippen LogP contribution is -2.34. The largest absolute Gasteiger partial charge is 0.383 e. The number of methoxy groups -OCH3 is 1. The van der Waals surface area contributed by atoms with Gasteiger partial charge in [0.1, 0.15) is 0 Å². The van der Waals surface area contributed by atoms with Crippen LogP contribution in [0, 0.1) is 13.8 Å². The van der Waals surface area contributed by atoms with Crippen molar-refractivity contribution in [1.82, 2.24) is 5.32 Å². The number of hydrogen-bond acceptors (Lipinski definition) is 2. The third-order valence-corrected chi connectivity index (χ3v) is 3.25. The van der Waals surface area contributed by atoms with Crippen LogP contribution in [0.25, 0.3) is 0 Å². The lowest BCUT2D eigenvalue weighted by atomic mass is 9.99. The molecule has 0 aromatic heterocycles. The lowest BCUT2D eigenvalue weighted by Gasteiger charge is -2.23. The Labute approximate surface area is 105 Å². The lowest BCUT2D eigenvalue weighted by molar-refractivity contribution is 0.159. The molecule has 1 aromatic rings. The molecule has 17 heavy (non-hydrogen) atoms. The van der Waals surface area contributed by atoms with Crippen LogP contribution in [0.15, 0.2) is 18.2 Å². The van der Waals surface area contributed by atoms with Crippen LogP contribution in [0.3, 0.4) is 0 Å². The van der Waals surface area contributed by atoms with Crippen molar-refractivity contribution in [3.63, 3.8) is 0 Å². The molecule has 0 aliphatic carbocycles. The fourth-order valence-corrected chi connectivity index (χ4v) is 2.15. The third-order valence-electron chi connectivity index (χ3n) is 3.25. The number of nitrogens with one attached hydrogen (secondary N) is 1. The summed E-state index contributed by atoms with van der Waals surface area (Å²) in [6.45, 7) is 9.49. The van der Waals surface area contributed by atoms with Gasteiger partial charge in [-0.3, -0.25) is 0 Å². The maximum atomic E-state index is 5.22. The van der Waals surface area contributed by atoms with E-state index in [0.717, 1.165) is 13.0 Å². The first-order chi connectivity index (χ1) is 8.08. The summed E-state index contributed by atoms with van der Waals surface area (Å²) < 4.78 is 5.22. The van der Waals surface area contributed by atoms with Gasteiger partial charge in [-0.05, 0) is 38.3 Å². The van der Waals surface area contributed by atoms with Crippen molar-refractivity contribution in [3.05, 3.63) is 34.9 Å². The van der Waals surface area contributed by atoms with Gasteiger partial charge in [0, 0.05) is 19.2 Å². The maximum absolute atomic E-state index is 5.22. The highest BCUT2D eigenvalue weighted by Crippen LogP contribution is 2.19. The molecule has 96 valence electrons. The Hall–Kier alpha value is -0.860. The summed E-state index contributed by atoms with van der Waals surface area (Å²) in [6.07, 6.45) is 1.09. The highest BCUT2D eigenvalue weighted by Gasteiger charge is 2.13. The average molecular weight is 235 g/mol. The minimum atomic E-state index is 0.370. The van der Waals surface area contributed by atoms with Gasteiger partial charge in [0.05, 0.1) is 6.61 Å². The van der Waals surface area contributed by atoms with Gasteiger partial charge in [0.2, 0.25) is 0 Å². The van der Waals surface area contributed by atoms with Gasteiger partial charge < -0.3 is 10.1 Å². The zero-order chi connectivity index (χ0) is 12.8. The molecule has 2 heteroatoms. The molecule has 0 saturated carbocycles. The van der Waals surface area contributed by atoms with Crippen LogP contribution in [0.4, 0.5) is 0 Å². The number of hydrogen-bond donors (Lipinski definition) is 1. The van der Waals surface area contributed by atoms with Gasteiger partial charge in [-0.15, -0.1) is 0 Å². The number of rotatable bonds is 6. The smallest absolute Gasteiger partial charge is 0.0615 e. The Morgan fingerprint density at radius 2 is 2.00 bits per heavy atom. The zero-order valence-corrected chi connectivity index (χ0v) is 11.7. The van der Waals surface area contributed by atoms with Crippen molar-refractivity contribution in [1.29, 1.82) is 0 Å². The van der Waals surface area contributed by atoms with E-state index in [1.54, 1.807) is 7.11 Å². The molecule has 0 saturated heterocycles. The predicted octanol–water partition coefficient (Wildman–Crippen LogP) is 3.38. The van der Waals surface area contributed by atoms with E-state index < -0.39 is 0 Å². The van der Waals surface area contributed by atoms with Gasteiger partial charge >= 0.3 is 0 Å². The van der Waals surface area contributed by atoms with E-state index in [0.29, 0.717) is 12.1 Å². The summed E-state index contributed by atoms with van der Waals surface area (Å²) >= 11 is 0. The van der Waals surface area contributed by atoms with Gasteiger partial charge in [-0.2, -0.15) is 0 Å². The molecule has 0 fully saturated rings. The Morgan fingerprint density at radius 1 is 1.29 bits per heavy atom. The van der Waals surface area contributed by atoms with Crippen LogP contribution < -0.4 is 5.32 Å². The molecule has 0 radical (unpaired) electrons. The van der Waals surface area contributed by atoms with Crippen molar-refractivity contribution >= 4 is 0 Å². The van der Waals surface area contributed by atoms with E-state index in [9.17, 15) is 0 Å². The molecule has 0 aliphatic rings. The van der Waals surface area contributed by atoms with Gasteiger partial charge in [0.25, 0.3) is 0 Å². The number of ether oxygens (including phenoxy) is 1. The summed E-state index contributed by atoms with van der Waals surface area (Å²) in [4.78, 5) is 0. The van der Waals surface area contributed by atoms with Crippen molar-refractivity contribution in [2.45, 2.75) is 46.2 Å². The molecular formula is C15H25NO. The number of benzene rings is 1. The fraction of sp³-hybridized carbons (Fsp3) is 0.600. The number of aryl methyl sites for hydroxylation is 2. The predicted molar refractivity (Wildman–Crippen MR) is 73.4 cm³/mol. The van der Waals surface area contributed by atoms with Crippen molar-refractivity contribution in [2.24, 2.45) is 0 Å². The second kappa shape index (κ2) is 6.77. The Bertz CT molecular complexity index is 349. The van der Waals surface area contributed by atoms with Crippen LogP contribution in [-0.4, -0.2) is 19.8 Å². The van der Waals surface area contributed by atoms with Crippen LogP contribution >= 0.6 is 0 Å². The molecule has 1 aromatic carbocycles. The van der Waals surface area contributed by atoms with E-state index in [1.807, 2.05) is 0 Å². The van der Waals surface area contributed by atoms with Crippen molar-refractivity contribution in [3.8, 4) is 0 Å². The minimum Gasteiger partial charge on any atom is -0.383 e. The van der Waals surface area contributed by atoms with Gasteiger partial charge in [-0.25, -0.2) is 0 Å². The molecule has 2 unspecified atom stereocenters. The van der Waals surface area contributed by atoms with Crippen LogP contribution in [0.2, 0.25) is 0 Å². The Morgan fingerprint density at radius 3 is 2.59 bits per heavy atom. The normalized spacial score (nSPS) is 14.6. The third kappa shape index (κ3) is 4.14. The van der Waals surface area contributed by atoms with E-state index in [1.165, 1.54) is 16.7 Å². The SMILES string of the molecule is CCC(COC)NC(C)c1cc(C)ccc1C. The highest BCUT2D eigenvalue weighted by atomic mass is 16.5. The Balaban J connectivity index is 2.74. The van der Waals surface area contributed by atoms with Crippen molar-refractivity contribution in [2.75, 3.05) is 13.7 Å². The van der Waals surface area contributed by atoms with Crippen LogP contribution in [0.5, 0.6) is 0 Å². The Kier molecular flexibility index (Phi) is 5.66. The van der Waals surface area contributed by atoms with E-state index in [2.05, 4.69) is 51.2 Å². The molecule has 1 N–H and O–H groups in total. The van der Waals surface area contributed by atoms with E-state index >= 15 is 0 Å². The summed E-state index contributed by atoms with van der Waals surface area (Å²) in [5.74, 6) is 0. The second-order valence-corrected chi connectivity index (χ2v) is 4.81. The van der Waals surface area contributed by atoms with E-state index in [4.69, 9.17) is 4.74 Å². The molecule has 0 aliphatic heterocycles. The molecule has 2 nitrogen and oxygen atoms in total. The van der Waals surface area contributed by atoms with Crippen LogP contribution in [0.1, 0.15) is 43.0 Å². The minimum absolute atomic E-state index is 0.370. The summed E-state index contributed by atoms with van der Waals surface area (Å²) in [5.41, 5.74) is 4.06. The quantitative estimate of drug-likeness (QED) is 0.816.